The van der Waals surface area contributed by atoms with E-state index in [1.54, 1.807) is 24.3 Å². The van der Waals surface area contributed by atoms with Crippen LogP contribution in [0.2, 0.25) is 5.02 Å². The molecule has 0 spiro atoms. The van der Waals surface area contributed by atoms with Crippen LogP contribution >= 0.6 is 11.6 Å². The van der Waals surface area contributed by atoms with Gasteiger partial charge in [0.05, 0.1) is 12.1 Å². The lowest BCUT2D eigenvalue weighted by molar-refractivity contribution is 0.0603. The first-order chi connectivity index (χ1) is 15.6. The highest BCUT2D eigenvalue weighted by Crippen LogP contribution is 2.31. The van der Waals surface area contributed by atoms with Crippen LogP contribution in [0, 0.1) is 18.4 Å². The van der Waals surface area contributed by atoms with E-state index in [0.29, 0.717) is 24.1 Å². The number of carbonyl (C=O) groups is 1. The molecule has 0 radical (unpaired) electrons. The van der Waals surface area contributed by atoms with Crippen molar-refractivity contribution in [2.24, 2.45) is 4.99 Å². The van der Waals surface area contributed by atoms with Crippen LogP contribution in [0.1, 0.15) is 31.2 Å². The second kappa shape index (κ2) is 9.92. The molecule has 1 aliphatic carbocycles. The Bertz CT molecular complexity index is 1030. The van der Waals surface area contributed by atoms with Crippen LogP contribution in [0.5, 0.6) is 0 Å². The monoisotopic (exact) mass is 450 g/mol. The summed E-state index contributed by atoms with van der Waals surface area (Å²) >= 11 is 5.96. The molecule has 2 aromatic carbocycles. The smallest absolute Gasteiger partial charge is 0.322 e. The van der Waals surface area contributed by atoms with E-state index in [4.69, 9.17) is 11.6 Å². The number of benzene rings is 2. The molecule has 2 aromatic rings. The number of nitriles is 1. The van der Waals surface area contributed by atoms with Crippen LogP contribution in [0.15, 0.2) is 53.5 Å². The maximum atomic E-state index is 13.1. The maximum Gasteiger partial charge on any atom is 0.322 e. The number of hydrogen-bond donors (Lipinski definition) is 2. The van der Waals surface area contributed by atoms with Gasteiger partial charge in [-0.3, -0.25) is 0 Å². The van der Waals surface area contributed by atoms with Crippen LogP contribution in [-0.4, -0.2) is 47.0 Å². The summed E-state index contributed by atoms with van der Waals surface area (Å²) in [6.07, 6.45) is 6.01. The fourth-order valence-electron chi connectivity index (χ4n) is 4.65. The Morgan fingerprint density at radius 2 is 1.69 bits per heavy atom. The molecule has 2 fully saturated rings. The minimum absolute atomic E-state index is 0.0624. The first-order valence-electron chi connectivity index (χ1n) is 11.0. The summed E-state index contributed by atoms with van der Waals surface area (Å²) in [7, 11) is 0. The van der Waals surface area contributed by atoms with Gasteiger partial charge in [-0.2, -0.15) is 5.26 Å². The van der Waals surface area contributed by atoms with Crippen molar-refractivity contribution in [1.29, 1.82) is 5.26 Å². The maximum absolute atomic E-state index is 13.1. The van der Waals surface area contributed by atoms with Crippen molar-refractivity contribution in [1.82, 2.24) is 9.80 Å². The molecule has 2 atom stereocenters. The summed E-state index contributed by atoms with van der Waals surface area (Å²) < 4.78 is 0. The molecule has 2 amide bonds. The molecule has 166 valence electrons. The number of halogens is 1. The molecule has 4 rings (SSSR count). The number of guanidine groups is 1. The van der Waals surface area contributed by atoms with Crippen LogP contribution in [0.3, 0.4) is 0 Å². The second-order valence-corrected chi connectivity index (χ2v) is 8.65. The van der Waals surface area contributed by atoms with Gasteiger partial charge in [0.2, 0.25) is 12.2 Å². The summed E-state index contributed by atoms with van der Waals surface area (Å²) in [5.74, 6) is 0.552. The molecule has 0 bridgehead atoms. The number of nitrogens with one attached hydrogen (secondary N) is 2. The highest BCUT2D eigenvalue weighted by molar-refractivity contribution is 6.30. The van der Waals surface area contributed by atoms with E-state index in [1.165, 1.54) is 0 Å². The lowest BCUT2D eigenvalue weighted by atomic mass is 9.86. The standard InChI is InChI=1S/C24H27ClN6O/c1-17-6-2-3-7-20(17)29-23(27-16-26)30-14-15-31(22-9-5-4-8-21(22)30)24(32)28-19-12-10-18(25)11-13-19/h2-3,6-7,10-13,21-22H,4-5,8-9,14-15H2,1H3,(H,27,29)(H,28,32). The number of aryl methyl sites for hydroxylation is 1. The highest BCUT2D eigenvalue weighted by Gasteiger charge is 2.41. The van der Waals surface area contributed by atoms with Gasteiger partial charge in [-0.25, -0.2) is 4.79 Å². The van der Waals surface area contributed by atoms with Crippen molar-refractivity contribution in [2.45, 2.75) is 44.7 Å². The fourth-order valence-corrected chi connectivity index (χ4v) is 4.78. The Morgan fingerprint density at radius 3 is 2.38 bits per heavy atom. The van der Waals surface area contributed by atoms with E-state index in [1.807, 2.05) is 42.3 Å². The molecule has 2 N–H and O–H groups in total. The number of piperazine rings is 1. The van der Waals surface area contributed by atoms with Crippen molar-refractivity contribution in [2.75, 3.05) is 23.7 Å². The molecule has 1 heterocycles. The zero-order valence-corrected chi connectivity index (χ0v) is 18.8. The average Bonchev–Trinajstić information content (AvgIpc) is 2.81. The molecule has 1 saturated carbocycles. The van der Waals surface area contributed by atoms with E-state index in [0.717, 1.165) is 42.6 Å². The lowest BCUT2D eigenvalue weighted by Gasteiger charge is -2.50. The van der Waals surface area contributed by atoms with Gasteiger partial charge in [0.1, 0.15) is 0 Å². The number of carbonyl (C=O) groups excluding carboxylic acids is 1. The number of aliphatic imine (C=N–C) groups is 1. The van der Waals surface area contributed by atoms with Crippen LogP contribution in [0.4, 0.5) is 16.2 Å². The first-order valence-corrected chi connectivity index (χ1v) is 11.3. The Labute approximate surface area is 193 Å². The normalized spacial score (nSPS) is 20.8. The number of nitrogens with zero attached hydrogens (tertiary/aromatic N) is 4. The summed E-state index contributed by atoms with van der Waals surface area (Å²) in [5, 5.41) is 16.3. The number of rotatable bonds is 2. The molecule has 32 heavy (non-hydrogen) atoms. The van der Waals surface area contributed by atoms with Crippen molar-refractivity contribution >= 4 is 35.0 Å². The molecule has 2 unspecified atom stereocenters. The SMILES string of the molecule is Cc1ccccc1N/C(=N/C#N)N1CCN(C(=O)Nc2ccc(Cl)cc2)C2CCCCC21. The average molecular weight is 451 g/mol. The molecule has 1 aliphatic heterocycles. The Balaban J connectivity index is 1.53. The quantitative estimate of drug-likeness (QED) is 0.380. The first kappa shape index (κ1) is 22.0. The van der Waals surface area contributed by atoms with Crippen LogP contribution in [0.25, 0.3) is 0 Å². The number of para-hydroxylation sites is 1. The van der Waals surface area contributed by atoms with Crippen molar-refractivity contribution in [3.63, 3.8) is 0 Å². The van der Waals surface area contributed by atoms with Gasteiger partial charge in [0.25, 0.3) is 0 Å². The van der Waals surface area contributed by atoms with E-state index in [2.05, 4.69) is 20.5 Å². The third kappa shape index (κ3) is 4.81. The van der Waals surface area contributed by atoms with Gasteiger partial charge in [0, 0.05) is 29.5 Å². The van der Waals surface area contributed by atoms with Gasteiger partial charge in [-0.05, 0) is 55.7 Å². The topological polar surface area (TPSA) is 83.8 Å². The number of fused-ring (bicyclic) bond motifs is 1. The van der Waals surface area contributed by atoms with E-state index in [9.17, 15) is 10.1 Å². The fraction of sp³-hybridized carbons (Fsp3) is 0.375. The molecular weight excluding hydrogens is 424 g/mol. The predicted octanol–water partition coefficient (Wildman–Crippen LogP) is 5.06. The van der Waals surface area contributed by atoms with Crippen LogP contribution < -0.4 is 10.6 Å². The Hall–Kier alpha value is -3.24. The molecular formula is C24H27ClN6O. The number of anilines is 2. The zero-order valence-electron chi connectivity index (χ0n) is 18.1. The minimum Gasteiger partial charge on any atom is -0.335 e. The van der Waals surface area contributed by atoms with Gasteiger partial charge in [-0.1, -0.05) is 42.6 Å². The Kier molecular flexibility index (Phi) is 6.81. The minimum atomic E-state index is -0.102. The number of hydrogen-bond acceptors (Lipinski definition) is 3. The summed E-state index contributed by atoms with van der Waals surface area (Å²) in [4.78, 5) is 21.3. The van der Waals surface area contributed by atoms with Crippen molar-refractivity contribution in [3.8, 4) is 6.19 Å². The van der Waals surface area contributed by atoms with E-state index < -0.39 is 0 Å². The van der Waals surface area contributed by atoms with Gasteiger partial charge < -0.3 is 20.4 Å². The molecule has 7 nitrogen and oxygen atoms in total. The summed E-state index contributed by atoms with van der Waals surface area (Å²) in [6, 6.07) is 15.2. The molecule has 8 heteroatoms. The number of amides is 2. The molecule has 0 aromatic heterocycles. The number of urea groups is 1. The van der Waals surface area contributed by atoms with Crippen molar-refractivity contribution in [3.05, 3.63) is 59.1 Å². The van der Waals surface area contributed by atoms with Crippen molar-refractivity contribution < 1.29 is 4.79 Å². The predicted molar refractivity (Wildman–Crippen MR) is 128 cm³/mol. The molecule has 1 saturated heterocycles. The second-order valence-electron chi connectivity index (χ2n) is 8.22. The third-order valence-electron chi connectivity index (χ3n) is 6.25. The zero-order chi connectivity index (χ0) is 22.5. The van der Waals surface area contributed by atoms with Gasteiger partial charge in [0.15, 0.2) is 0 Å². The summed E-state index contributed by atoms with van der Waals surface area (Å²) in [5.41, 5.74) is 2.73. The lowest BCUT2D eigenvalue weighted by Crippen LogP contribution is -2.64. The van der Waals surface area contributed by atoms with Gasteiger partial charge >= 0.3 is 6.03 Å². The molecule has 2 aliphatic rings. The van der Waals surface area contributed by atoms with E-state index >= 15 is 0 Å². The summed E-state index contributed by atoms with van der Waals surface area (Å²) in [6.45, 7) is 3.18. The third-order valence-corrected chi connectivity index (χ3v) is 6.50. The highest BCUT2D eigenvalue weighted by atomic mass is 35.5. The Morgan fingerprint density at radius 1 is 1.03 bits per heavy atom. The van der Waals surface area contributed by atoms with Crippen LogP contribution in [-0.2, 0) is 0 Å². The van der Waals surface area contributed by atoms with Gasteiger partial charge in [-0.15, -0.1) is 4.99 Å². The van der Waals surface area contributed by atoms with E-state index in [-0.39, 0.29) is 18.1 Å². The largest absolute Gasteiger partial charge is 0.335 e.